The van der Waals surface area contributed by atoms with E-state index in [1.54, 1.807) is 34.1 Å². The van der Waals surface area contributed by atoms with Gasteiger partial charge in [0, 0.05) is 71.5 Å². The molecule has 3 unspecified atom stereocenters. The zero-order valence-electron chi connectivity index (χ0n) is 48.3. The van der Waals surface area contributed by atoms with Gasteiger partial charge in [-0.2, -0.15) is 0 Å². The van der Waals surface area contributed by atoms with Gasteiger partial charge in [-0.3, -0.25) is 19.2 Å². The molecule has 1 amide bonds. The van der Waals surface area contributed by atoms with E-state index in [1.165, 1.54) is 19.1 Å². The molecule has 4 bridgehead atoms. The number of aliphatic hydroxyl groups is 1. The Morgan fingerprint density at radius 1 is 0.744 bits per heavy atom. The van der Waals surface area contributed by atoms with Crippen LogP contribution in [-0.2, 0) is 76.1 Å². The van der Waals surface area contributed by atoms with Crippen molar-refractivity contribution in [3.8, 4) is 0 Å². The highest BCUT2D eigenvalue weighted by Gasteiger charge is 2.57. The van der Waals surface area contributed by atoms with Gasteiger partial charge in [0.2, 0.25) is 5.79 Å². The van der Waals surface area contributed by atoms with E-state index in [0.29, 0.717) is 96.8 Å². The third kappa shape index (κ3) is 16.8. The van der Waals surface area contributed by atoms with Crippen molar-refractivity contribution in [1.82, 2.24) is 4.90 Å². The summed E-state index contributed by atoms with van der Waals surface area (Å²) in [5.74, 6) is -8.05. The third-order valence-electron chi connectivity index (χ3n) is 17.2. The molecule has 1 saturated carbocycles. The van der Waals surface area contributed by atoms with Crippen molar-refractivity contribution >= 4 is 29.2 Å². The van der Waals surface area contributed by atoms with Crippen LogP contribution in [0.25, 0.3) is 0 Å². The summed E-state index contributed by atoms with van der Waals surface area (Å²) in [7, 11) is 6.31. The second-order valence-electron chi connectivity index (χ2n) is 22.8. The van der Waals surface area contributed by atoms with Crippen LogP contribution in [0.2, 0.25) is 0 Å². The van der Waals surface area contributed by atoms with Crippen LogP contribution in [0, 0.1) is 41.4 Å². The molecule has 4 saturated heterocycles. The fraction of sp³-hybridized carbons (Fsp3) is 0.783. The van der Waals surface area contributed by atoms with E-state index in [0.717, 1.165) is 18.4 Å². The van der Waals surface area contributed by atoms with Crippen LogP contribution < -0.4 is 0 Å². The van der Waals surface area contributed by atoms with Gasteiger partial charge >= 0.3 is 5.97 Å². The Kier molecular flexibility index (Phi) is 25.3. The fourth-order valence-corrected chi connectivity index (χ4v) is 12.5. The van der Waals surface area contributed by atoms with Gasteiger partial charge in [0.15, 0.2) is 5.78 Å². The molecule has 0 radical (unpaired) electrons. The molecule has 0 spiro atoms. The molecule has 18 heteroatoms. The maximum Gasteiger partial charge on any atom is 0.329 e. The highest BCUT2D eigenvalue weighted by molar-refractivity contribution is 6.39. The van der Waals surface area contributed by atoms with Crippen LogP contribution in [-0.4, -0.2) is 188 Å². The van der Waals surface area contributed by atoms with Gasteiger partial charge in [-0.25, -0.2) is 4.79 Å². The number of methoxy groups -OCH3 is 4. The van der Waals surface area contributed by atoms with Gasteiger partial charge in [0.05, 0.1) is 77.3 Å². The molecular weight excluding hydrogens is 1010 g/mol. The summed E-state index contributed by atoms with van der Waals surface area (Å²) in [6, 6.07) is -1.13. The van der Waals surface area contributed by atoms with Gasteiger partial charge < -0.3 is 62.1 Å². The van der Waals surface area contributed by atoms with Crippen molar-refractivity contribution in [2.45, 2.75) is 173 Å². The largest absolute Gasteiger partial charge is 0.460 e. The number of carbonyl (C=O) groups is 5. The van der Waals surface area contributed by atoms with Crippen molar-refractivity contribution in [3.63, 3.8) is 0 Å². The second kappa shape index (κ2) is 31.1. The Morgan fingerprint density at radius 2 is 1.47 bits per heavy atom. The average Bonchev–Trinajstić information content (AvgIpc) is 3.59. The second-order valence-corrected chi connectivity index (χ2v) is 22.8. The van der Waals surface area contributed by atoms with E-state index in [9.17, 15) is 29.1 Å². The Morgan fingerprint density at radius 3 is 2.17 bits per heavy atom. The molecule has 18 nitrogen and oxygen atoms in total. The first-order chi connectivity index (χ1) is 37.4. The summed E-state index contributed by atoms with van der Waals surface area (Å²) >= 11 is 0. The zero-order valence-corrected chi connectivity index (χ0v) is 48.3. The number of fused-ring (bicyclic) bond motifs is 4. The number of esters is 1. The van der Waals surface area contributed by atoms with Crippen molar-refractivity contribution in [2.24, 2.45) is 41.4 Å². The molecule has 16 atom stereocenters. The Labute approximate surface area is 463 Å². The highest BCUT2D eigenvalue weighted by atomic mass is 16.6. The molecule has 0 aromatic heterocycles. The first-order valence-electron chi connectivity index (χ1n) is 28.7. The number of carbonyl (C=O) groups excluding carboxylic acids is 5. The van der Waals surface area contributed by atoms with E-state index in [2.05, 4.69) is 6.92 Å². The predicted molar refractivity (Wildman–Crippen MR) is 289 cm³/mol. The molecule has 5 heterocycles. The maximum atomic E-state index is 14.8. The van der Waals surface area contributed by atoms with Crippen LogP contribution in [0.15, 0.2) is 47.6 Å². The Hall–Kier alpha value is -3.53. The number of piperidine rings is 1. The van der Waals surface area contributed by atoms with Gasteiger partial charge in [-0.15, -0.1) is 0 Å². The molecule has 440 valence electrons. The van der Waals surface area contributed by atoms with Crippen LogP contribution in [0.4, 0.5) is 0 Å². The minimum absolute atomic E-state index is 0.0334. The molecule has 0 aromatic rings. The number of rotatable bonds is 17. The van der Waals surface area contributed by atoms with Gasteiger partial charge in [-0.1, -0.05) is 64.2 Å². The molecule has 0 aromatic carbocycles. The Balaban J connectivity index is 1.31. The molecule has 6 rings (SSSR count). The molecule has 5 fully saturated rings. The summed E-state index contributed by atoms with van der Waals surface area (Å²) in [4.78, 5) is 74.0. The fourth-order valence-electron chi connectivity index (χ4n) is 12.5. The van der Waals surface area contributed by atoms with Crippen molar-refractivity contribution in [3.05, 3.63) is 47.6 Å². The number of ketones is 3. The monoisotopic (exact) mass is 1100 g/mol. The molecule has 1 aliphatic carbocycles. The quantitative estimate of drug-likeness (QED) is 0.0711. The van der Waals surface area contributed by atoms with E-state index in [-0.39, 0.29) is 79.5 Å². The van der Waals surface area contributed by atoms with Gasteiger partial charge in [0.1, 0.15) is 36.2 Å². The predicted octanol–water partition coefficient (Wildman–Crippen LogP) is 6.53. The molecule has 78 heavy (non-hydrogen) atoms. The lowest BCUT2D eigenvalue weighted by Gasteiger charge is -2.50. The summed E-state index contributed by atoms with van der Waals surface area (Å²) in [5, 5.41) is 12.4. The summed E-state index contributed by atoms with van der Waals surface area (Å²) in [6.07, 6.45) is 13.0. The number of hydrogen-bond donors (Lipinski definition) is 1. The Bertz CT molecular complexity index is 2090. The van der Waals surface area contributed by atoms with Gasteiger partial charge in [0.25, 0.3) is 11.7 Å². The van der Waals surface area contributed by atoms with E-state index < -0.39 is 77.8 Å². The van der Waals surface area contributed by atoms with Crippen molar-refractivity contribution in [1.29, 1.82) is 0 Å². The lowest BCUT2D eigenvalue weighted by molar-refractivity contribution is -0.266. The number of hydrogen-bond acceptors (Lipinski definition) is 17. The van der Waals surface area contributed by atoms with Crippen LogP contribution >= 0.6 is 0 Å². The highest BCUT2D eigenvalue weighted by Crippen LogP contribution is 2.46. The topological polar surface area (TPSA) is 210 Å². The van der Waals surface area contributed by atoms with Gasteiger partial charge in [-0.05, 0) is 101 Å². The number of nitrogens with zero attached hydrogens (tertiary/aromatic N) is 1. The standard InChI is InChI=1S/C60H93NO17/c1-37-15-12-11-13-16-38(2)50(76-28-25-72-24-27-74-45-35-73-36-45)33-44-20-18-42(6)60(67,78-44)57(64)58(65)61-22-14-17-46-47(31-43-19-21-49(52(32-43)69-8)75-26-23-68-7)51(77-59(66)53(46)61)34-48(62)39(3)30-41(5)55(70-9)56(71-10)54(63)40(4)29-37/h11-13,15-16,30,37,39-40,42-47,49-53,55-56,67H,14,17-29,31-36H2,1-10H3/b13-11+,15-12+,38-16+,41-30+/t37-,39-,40-,42-,43+,44+,46-,47?,49-,50?,51+,52-,53?,55-,56+,60-/m1/s1. The lowest BCUT2D eigenvalue weighted by atomic mass is 9.68. The third-order valence-corrected chi connectivity index (χ3v) is 17.2. The first-order valence-corrected chi connectivity index (χ1v) is 28.7. The number of ether oxygens (including phenoxy) is 11. The minimum atomic E-state index is -2.48. The van der Waals surface area contributed by atoms with Crippen molar-refractivity contribution < 1.29 is 81.2 Å². The van der Waals surface area contributed by atoms with Crippen molar-refractivity contribution in [2.75, 3.05) is 87.8 Å². The van der Waals surface area contributed by atoms with E-state index in [1.807, 2.05) is 51.2 Å². The zero-order chi connectivity index (χ0) is 56.5. The first kappa shape index (κ1) is 63.6. The van der Waals surface area contributed by atoms with Crippen LogP contribution in [0.5, 0.6) is 0 Å². The van der Waals surface area contributed by atoms with Crippen LogP contribution in [0.3, 0.4) is 0 Å². The SMILES string of the molecule is COCCO[C@@H]1CC[C@@H](CC2[C@H]3CCCN4C(=O)C(=O)[C@]5(O)O[C@@H](CC[C@H]5C)CC(OCCOCCOC5COC5)/C(C)=C/C=C/C=C/[C@@H](C)C[C@@H](C)C(=O)[C@H](OC)[C@H](OC)/C(C)=C/[C@@H](C)C(=O)C[C@@H]2OC(=O)C34)C[C@H]1OC. The molecule has 1 N–H and O–H groups in total. The molecule has 5 aliphatic heterocycles. The number of amides is 1. The summed E-state index contributed by atoms with van der Waals surface area (Å²) in [5.41, 5.74) is 1.51. The summed E-state index contributed by atoms with van der Waals surface area (Å²) < 4.78 is 65.0. The molecular formula is C60H93NO17. The average molecular weight is 1100 g/mol. The van der Waals surface area contributed by atoms with Crippen LogP contribution in [0.1, 0.15) is 112 Å². The molecule has 6 aliphatic rings. The smallest absolute Gasteiger partial charge is 0.329 e. The minimum Gasteiger partial charge on any atom is -0.460 e. The number of allylic oxidation sites excluding steroid dienone is 6. The number of Topliss-reactive ketones (excluding diaryl/α,β-unsaturated/α-hetero) is 3. The normalized spacial score (nSPS) is 38.7. The lowest BCUT2D eigenvalue weighted by Crippen LogP contribution is -2.65. The maximum absolute atomic E-state index is 14.8. The van der Waals surface area contributed by atoms with E-state index in [4.69, 9.17) is 52.1 Å². The van der Waals surface area contributed by atoms with E-state index >= 15 is 0 Å². The summed E-state index contributed by atoms with van der Waals surface area (Å²) in [6.45, 7) is 14.7.